The maximum atomic E-state index is 10.0. The number of hydrogen-bond acceptors (Lipinski definition) is 6. The van der Waals surface area contributed by atoms with E-state index in [2.05, 4.69) is 416 Å². The van der Waals surface area contributed by atoms with E-state index in [0.717, 1.165) is 33.8 Å². The van der Waals surface area contributed by atoms with E-state index in [4.69, 9.17) is 15.1 Å². The zero-order chi connectivity index (χ0) is 85.8. The van der Waals surface area contributed by atoms with E-state index in [9.17, 15) is 4.79 Å². The number of hydrogen-bond donors (Lipinski definition) is 1. The molecule has 0 aliphatic heterocycles. The molecule has 128 heavy (non-hydrogen) atoms. The van der Waals surface area contributed by atoms with Crippen molar-refractivity contribution in [2.45, 2.75) is 67.2 Å². The first kappa shape index (κ1) is 85.1. The van der Waals surface area contributed by atoms with E-state index in [-0.39, 0.29) is 51.8 Å². The number of carbonyl (C=O) groups excluding carboxylic acids is 1. The zero-order valence-electron chi connectivity index (χ0n) is 71.8. The molecular weight excluding hydrogens is 1960 g/mol. The number of ketones is 1. The summed E-state index contributed by atoms with van der Waals surface area (Å²) in [6.45, 7) is 16.0. The van der Waals surface area contributed by atoms with Crippen molar-refractivity contribution >= 4 is 167 Å². The van der Waals surface area contributed by atoms with Crippen molar-refractivity contribution in [3.8, 4) is 51.1 Å². The Hall–Kier alpha value is -13.7. The Morgan fingerprint density at radius 1 is 0.375 bits per heavy atom. The molecule has 0 atom stereocenters. The molecule has 0 aliphatic rings. The average Bonchev–Trinajstić information content (AvgIpc) is 1.59. The van der Waals surface area contributed by atoms with Crippen LogP contribution in [-0.2, 0) is 45.0 Å². The van der Waals surface area contributed by atoms with Crippen LogP contribution >= 0.6 is 22.7 Å². The van der Waals surface area contributed by atoms with Crippen molar-refractivity contribution < 1.29 is 50.1 Å². The Balaban J connectivity index is 0.000000116. The Labute approximate surface area is 778 Å². The third-order valence-electron chi connectivity index (χ3n) is 23.8. The second-order valence-corrected chi connectivity index (χ2v) is 35.0. The molecule has 2 radical (unpaired) electrons. The van der Waals surface area contributed by atoms with Crippen LogP contribution in [0, 0.1) is 32.0 Å². The van der Waals surface area contributed by atoms with E-state index in [1.165, 1.54) is 198 Å². The van der Waals surface area contributed by atoms with Gasteiger partial charge in [-0.2, -0.15) is 30.0 Å². The maximum Gasteiger partial charge on any atom is 0.155 e. The third-order valence-corrected chi connectivity index (χ3v) is 26.2. The first-order valence-corrected chi connectivity index (χ1v) is 44.4. The van der Waals surface area contributed by atoms with Gasteiger partial charge in [-0.3, -0.25) is 14.3 Å². The maximum absolute atomic E-state index is 10.0. The van der Waals surface area contributed by atoms with E-state index in [1.807, 2.05) is 53.1 Å². The van der Waals surface area contributed by atoms with E-state index in [0.29, 0.717) is 11.8 Å². The average molecular weight is 2050 g/mol. The number of nitrogens with zero attached hydrogens (tertiary/aromatic N) is 7. The van der Waals surface area contributed by atoms with Crippen LogP contribution in [0.15, 0.2) is 376 Å². The number of para-hydroxylation sites is 9. The molecule has 0 amide bonds. The number of allylic oxidation sites excluding steroid dienone is 2. The molecule has 1 N–H and O–H groups in total. The van der Waals surface area contributed by atoms with Crippen molar-refractivity contribution in [1.29, 1.82) is 0 Å². The molecule has 9 heterocycles. The van der Waals surface area contributed by atoms with E-state index < -0.39 is 0 Å². The molecule has 0 aliphatic carbocycles. The van der Waals surface area contributed by atoms with Gasteiger partial charge in [0.15, 0.2) is 11.6 Å². The fourth-order valence-electron chi connectivity index (χ4n) is 18.2. The number of aliphatic hydroxyl groups excluding tert-OH is 1. The molecule has 24 rings (SSSR count). The number of pyridine rings is 2. The predicted molar refractivity (Wildman–Crippen MR) is 533 cm³/mol. The van der Waals surface area contributed by atoms with Crippen LogP contribution in [0.1, 0.15) is 75.6 Å². The quantitative estimate of drug-likeness (QED) is 0.0839. The topological polar surface area (TPSA) is 87.7 Å². The number of benzene rings is 15. The predicted octanol–water partition coefficient (Wildman–Crippen LogP) is 31.2. The van der Waals surface area contributed by atoms with Gasteiger partial charge in [0, 0.05) is 154 Å². The third kappa shape index (κ3) is 15.9. The van der Waals surface area contributed by atoms with Crippen molar-refractivity contribution in [3.63, 3.8) is 0 Å². The molecule has 0 bridgehead atoms. The van der Waals surface area contributed by atoms with Crippen molar-refractivity contribution in [2.75, 3.05) is 0 Å². The van der Waals surface area contributed by atoms with Gasteiger partial charge >= 0.3 is 0 Å². The summed E-state index contributed by atoms with van der Waals surface area (Å²) >= 11 is 3.69. The van der Waals surface area contributed by atoms with E-state index >= 15 is 0 Å². The van der Waals surface area contributed by atoms with Crippen LogP contribution in [0.4, 0.5) is 0 Å². The fourth-order valence-corrected chi connectivity index (χ4v) is 20.4. The minimum Gasteiger partial charge on any atom is -0.512 e. The monoisotopic (exact) mass is 2050 g/mol. The summed E-state index contributed by atoms with van der Waals surface area (Å²) < 4.78 is 16.9. The first-order valence-electron chi connectivity index (χ1n) is 42.8. The zero-order valence-corrected chi connectivity index (χ0v) is 78.3. The number of aromatic nitrogens is 7. The number of aryl methyl sites for hydroxylation is 2. The Morgan fingerprint density at radius 2 is 0.781 bits per heavy atom. The first-order chi connectivity index (χ1) is 61.7. The summed E-state index contributed by atoms with van der Waals surface area (Å²) in [4.78, 5) is 19.7. The fraction of sp³-hybridized carbons (Fsp3) is 0.0870. The van der Waals surface area contributed by atoms with Crippen LogP contribution in [-0.4, -0.2) is 43.7 Å². The normalized spacial score (nSPS) is 11.6. The van der Waals surface area contributed by atoms with Crippen molar-refractivity contribution in [1.82, 2.24) is 32.8 Å². The molecule has 628 valence electrons. The second kappa shape index (κ2) is 36.3. The van der Waals surface area contributed by atoms with Gasteiger partial charge in [0.05, 0.1) is 60.1 Å². The van der Waals surface area contributed by atoms with Gasteiger partial charge in [-0.25, -0.2) is 22.7 Å². The van der Waals surface area contributed by atoms with Crippen molar-refractivity contribution in [2.24, 2.45) is 0 Å². The minimum absolute atomic E-state index is 0. The molecule has 24 aromatic rings. The summed E-state index contributed by atoms with van der Waals surface area (Å²) in [7, 11) is 0. The molecule has 9 aromatic heterocycles. The summed E-state index contributed by atoms with van der Waals surface area (Å²) in [6.07, 6.45) is 5.24. The number of carbonyl (C=O) groups is 1. The van der Waals surface area contributed by atoms with Crippen LogP contribution in [0.5, 0.6) is 0 Å². The van der Waals surface area contributed by atoms with Gasteiger partial charge in [0.2, 0.25) is 0 Å². The second-order valence-electron chi connectivity index (χ2n) is 32.9. The van der Waals surface area contributed by atoms with Gasteiger partial charge < -0.3 is 23.4 Å². The molecule has 13 heteroatoms. The summed E-state index contributed by atoms with van der Waals surface area (Å²) in [5, 5.41) is 24.9. The number of thiophene rings is 2. The molecule has 0 saturated carbocycles. The Kier molecular flexibility index (Phi) is 24.2. The molecule has 15 aromatic carbocycles. The van der Waals surface area contributed by atoms with Crippen LogP contribution in [0.25, 0.3) is 190 Å². The number of aliphatic hydroxyl groups is 1. The Bertz CT molecular complexity index is 7780. The van der Waals surface area contributed by atoms with Gasteiger partial charge in [0.1, 0.15) is 0 Å². The van der Waals surface area contributed by atoms with Crippen LogP contribution in [0.2, 0.25) is 0 Å². The number of fused-ring (bicyclic) bond motifs is 19. The number of rotatable bonds is 10. The minimum atomic E-state index is -0.125. The summed E-state index contributed by atoms with van der Waals surface area (Å²) in [5.74, 6) is 1.87. The molecule has 0 fully saturated rings. The van der Waals surface area contributed by atoms with Gasteiger partial charge in [-0.05, 0) is 176 Å². The molecule has 0 saturated heterocycles. The Morgan fingerprint density at radius 3 is 1.20 bits per heavy atom. The van der Waals surface area contributed by atoms with Crippen molar-refractivity contribution in [3.05, 3.63) is 417 Å². The largest absolute Gasteiger partial charge is 0.512 e. The van der Waals surface area contributed by atoms with Crippen LogP contribution in [0.3, 0.4) is 0 Å². The summed E-state index contributed by atoms with van der Waals surface area (Å²) in [6, 6.07) is 136. The van der Waals surface area contributed by atoms with Crippen LogP contribution < -0.4 is 0 Å². The standard InChI is InChI=1S/C36H22N2S.C35H21N3S.C22H23N.C17H14N.C5H8O2.2Ir/c1-5-13-31-25(9-1)26-10-2-6-14-32(26)37(31)23-17-19-35-29(21-23)30-22-24(18-20-36(30)39-35)38-33-15-7-3-11-27(33)28-12-4-8-16-34(28)38;1-5-13-29-23(9-1)24-10-2-6-14-30(24)37(29)22-17-18-33-28(21-22)27-19-20-36-35(34(27)39-33)38-31-15-7-3-11-25(31)26-12-4-8-16-32(26)38;1-16(2)19-12-8-13-20(17(3)4)22(19)23-15-9-14-21(23)18-10-6-5-7-11-18;1-12-4-3-5-15(10-12)16-9-8-14-7-6-13(2)11-17(14)18-16;1-4(6)3-5(2)7;;/h1-22H;1-21H;5-10,12-13,15-17H,1-4H3;3-4,6-11H,1-2H3;3,6H,1-2H3;;/q;;-2;-1;;;. The molecule has 9 nitrogen and oxygen atoms in total. The van der Waals surface area contributed by atoms with E-state index in [1.54, 1.807) is 0 Å². The van der Waals surface area contributed by atoms with Gasteiger partial charge in [0.25, 0.3) is 0 Å². The van der Waals surface area contributed by atoms with Gasteiger partial charge in [-0.15, -0.1) is 64.1 Å². The molecular formula is C115H88Ir2N7O2S2-3. The van der Waals surface area contributed by atoms with Gasteiger partial charge in [-0.1, -0.05) is 229 Å². The summed E-state index contributed by atoms with van der Waals surface area (Å²) in [5.41, 5.74) is 25.1. The smallest absolute Gasteiger partial charge is 0.155 e. The molecule has 0 unspecified atom stereocenters. The SMILES string of the molecule is CC(=O)C=C(C)O.CC(C)c1cccc(C(C)C)c1-n1cc[c-]c1-c1[c-]cccc1.Cc1cc[c-]c(-c2ccc3ccc(C)cc3n2)c1.[Ir].[Ir].c1ccc2c(c1)c1ccccc1n2-c1ccc2sc3c(-n4c5ccccc5c5ccccc54)nccc3c2c1.c1ccc2c(c1)c1ccccc1n2-c1ccc2sc3ccc(-n4c5ccccc5c5ccccc54)cc3c2c1. The molecule has 0 spiro atoms.